The van der Waals surface area contributed by atoms with E-state index in [0.717, 1.165) is 16.2 Å². The van der Waals surface area contributed by atoms with Gasteiger partial charge in [0.15, 0.2) is 23.6 Å². The van der Waals surface area contributed by atoms with Crippen LogP contribution in [0.4, 0.5) is 0 Å². The molecule has 1 aromatic rings. The van der Waals surface area contributed by atoms with Crippen LogP contribution < -0.4 is 10.6 Å². The molecule has 0 amide bonds. The van der Waals surface area contributed by atoms with Crippen LogP contribution in [0.1, 0.15) is 26.3 Å². The largest absolute Gasteiger partial charge is 0.465 e. The summed E-state index contributed by atoms with van der Waals surface area (Å²) in [5, 5.41) is 2.12. The first-order chi connectivity index (χ1) is 8.48. The maximum Gasteiger partial charge on any atom is 0.316 e. The van der Waals surface area contributed by atoms with E-state index in [1.54, 1.807) is 0 Å². The van der Waals surface area contributed by atoms with Crippen LogP contribution in [0, 0.1) is 0 Å². The first kappa shape index (κ1) is 15.8. The van der Waals surface area contributed by atoms with Crippen molar-refractivity contribution in [2.75, 3.05) is 6.61 Å². The molecular formula is C12H16O2P2S2+2. The zero-order valence-corrected chi connectivity index (χ0v) is 14.2. The maximum absolute atomic E-state index is 12.1. The van der Waals surface area contributed by atoms with Gasteiger partial charge in [-0.05, 0) is 26.8 Å². The standard InChI is InChI=1S/C12H14O2P2S2/c1-4-14-11(13)12(2,3)8-6-5-7-9(15-17)10(8)16-18/h5-7H,4H2,1-3H3/p+2. The van der Waals surface area contributed by atoms with Crippen molar-refractivity contribution in [1.29, 1.82) is 0 Å². The summed E-state index contributed by atoms with van der Waals surface area (Å²) in [6, 6.07) is 5.87. The molecule has 1 aromatic carbocycles. The Bertz CT molecular complexity index is 487. The number of carbonyl (C=O) groups is 1. The monoisotopic (exact) mass is 318 g/mol. The molecule has 0 saturated carbocycles. The lowest BCUT2D eigenvalue weighted by Gasteiger charge is -2.22. The van der Waals surface area contributed by atoms with Crippen LogP contribution in [0.5, 0.6) is 0 Å². The highest BCUT2D eigenvalue weighted by Gasteiger charge is 2.37. The molecule has 0 spiro atoms. The van der Waals surface area contributed by atoms with Crippen molar-refractivity contribution in [3.05, 3.63) is 23.8 Å². The Morgan fingerprint density at radius 2 is 2.00 bits per heavy atom. The van der Waals surface area contributed by atoms with Crippen molar-refractivity contribution >= 4 is 54.9 Å². The average Bonchev–Trinajstić information content (AvgIpc) is 2.37. The lowest BCUT2D eigenvalue weighted by Crippen LogP contribution is -2.36. The summed E-state index contributed by atoms with van der Waals surface area (Å²) in [5.41, 5.74) is 0.270. The third-order valence-corrected chi connectivity index (χ3v) is 5.64. The van der Waals surface area contributed by atoms with Crippen molar-refractivity contribution in [1.82, 2.24) is 0 Å². The Morgan fingerprint density at radius 1 is 1.33 bits per heavy atom. The van der Waals surface area contributed by atoms with Crippen molar-refractivity contribution in [2.45, 2.75) is 26.2 Å². The van der Waals surface area contributed by atoms with Gasteiger partial charge in [-0.25, -0.2) is 0 Å². The molecule has 0 fully saturated rings. The average molecular weight is 318 g/mol. The second-order valence-electron chi connectivity index (χ2n) is 4.28. The predicted molar refractivity (Wildman–Crippen MR) is 86.7 cm³/mol. The molecule has 96 valence electrons. The van der Waals surface area contributed by atoms with E-state index < -0.39 is 5.41 Å². The lowest BCUT2D eigenvalue weighted by atomic mass is 9.84. The SMILES string of the molecule is CCOC(=O)C(C)(C)c1cccc([PH+]=S)c1[PH+]=S. The van der Waals surface area contributed by atoms with Crippen molar-refractivity contribution in [3.8, 4) is 0 Å². The molecule has 2 nitrogen and oxygen atoms in total. The third-order valence-electron chi connectivity index (χ3n) is 2.74. The molecule has 0 saturated heterocycles. The van der Waals surface area contributed by atoms with E-state index in [9.17, 15) is 4.79 Å². The molecular weight excluding hydrogens is 302 g/mol. The maximum atomic E-state index is 12.1. The Morgan fingerprint density at radius 3 is 2.50 bits per heavy atom. The van der Waals surface area contributed by atoms with E-state index in [-0.39, 0.29) is 20.7 Å². The number of rotatable bonds is 5. The molecule has 0 aliphatic carbocycles. The fraction of sp³-hybridized carbons (Fsp3) is 0.417. The summed E-state index contributed by atoms with van der Waals surface area (Å²) < 4.78 is 5.14. The van der Waals surface area contributed by atoms with Gasteiger partial charge < -0.3 is 4.74 Å². The van der Waals surface area contributed by atoms with Crippen LogP contribution in [0.3, 0.4) is 0 Å². The minimum atomic E-state index is -0.678. The molecule has 0 aromatic heterocycles. The molecule has 6 heteroatoms. The van der Waals surface area contributed by atoms with E-state index in [1.807, 2.05) is 39.0 Å². The molecule has 0 radical (unpaired) electrons. The van der Waals surface area contributed by atoms with Gasteiger partial charge >= 0.3 is 5.97 Å². The van der Waals surface area contributed by atoms with E-state index in [0.29, 0.717) is 6.61 Å². The van der Waals surface area contributed by atoms with Crippen molar-refractivity contribution < 1.29 is 9.53 Å². The van der Waals surface area contributed by atoms with Crippen molar-refractivity contribution in [3.63, 3.8) is 0 Å². The highest BCUT2D eigenvalue weighted by molar-refractivity contribution is 8.02. The van der Waals surface area contributed by atoms with E-state index in [2.05, 4.69) is 0 Å². The molecule has 18 heavy (non-hydrogen) atoms. The summed E-state index contributed by atoms with van der Waals surface area (Å²) in [6.45, 7) is 5.94. The van der Waals surface area contributed by atoms with Gasteiger partial charge in [0.25, 0.3) is 0 Å². The molecule has 0 N–H and O–H groups in total. The summed E-state index contributed by atoms with van der Waals surface area (Å²) in [7, 11) is 0.496. The molecule has 2 atom stereocenters. The smallest absolute Gasteiger partial charge is 0.316 e. The highest BCUT2D eigenvalue weighted by Crippen LogP contribution is 2.25. The van der Waals surface area contributed by atoms with Crippen LogP contribution in [-0.4, -0.2) is 12.6 Å². The number of ether oxygens (including phenoxy) is 1. The number of esters is 1. The fourth-order valence-corrected chi connectivity index (χ4v) is 4.88. The Hall–Kier alpha value is -0.270. The highest BCUT2D eigenvalue weighted by atomic mass is 32.4. The van der Waals surface area contributed by atoms with Gasteiger partial charge in [0.2, 0.25) is 25.3 Å². The minimum Gasteiger partial charge on any atom is -0.465 e. The number of hydrogen-bond acceptors (Lipinski definition) is 4. The summed E-state index contributed by atoms with van der Waals surface area (Å²) in [5.74, 6) is -0.218. The van der Waals surface area contributed by atoms with Gasteiger partial charge in [-0.2, -0.15) is 0 Å². The van der Waals surface area contributed by atoms with Gasteiger partial charge in [0, 0.05) is 5.56 Å². The van der Waals surface area contributed by atoms with Crippen LogP contribution in [0.15, 0.2) is 18.2 Å². The molecule has 2 unspecified atom stereocenters. The second kappa shape index (κ2) is 6.77. The fourth-order valence-electron chi connectivity index (χ4n) is 1.69. The molecule has 1 rings (SSSR count). The predicted octanol–water partition coefficient (Wildman–Crippen LogP) is 2.06. The Balaban J connectivity index is 3.35. The first-order valence-corrected chi connectivity index (χ1v) is 9.82. The summed E-state index contributed by atoms with van der Waals surface area (Å²) >= 11 is 10.4. The van der Waals surface area contributed by atoms with E-state index in [4.69, 9.17) is 28.4 Å². The summed E-state index contributed by atoms with van der Waals surface area (Å²) in [4.78, 5) is 12.1. The van der Waals surface area contributed by atoms with Crippen LogP contribution >= 0.6 is 14.7 Å². The minimum absolute atomic E-state index is 0.218. The van der Waals surface area contributed by atoms with Gasteiger partial charge in [-0.3, -0.25) is 4.79 Å². The second-order valence-corrected chi connectivity index (χ2v) is 6.95. The van der Waals surface area contributed by atoms with E-state index >= 15 is 0 Å². The lowest BCUT2D eigenvalue weighted by molar-refractivity contribution is -0.148. The molecule has 0 bridgehead atoms. The number of benzene rings is 1. The quantitative estimate of drug-likeness (QED) is 0.613. The first-order valence-electron chi connectivity index (χ1n) is 5.56. The third kappa shape index (κ3) is 3.19. The molecule has 0 aliphatic rings. The van der Waals surface area contributed by atoms with E-state index in [1.165, 1.54) is 0 Å². The van der Waals surface area contributed by atoms with Crippen LogP contribution in [0.25, 0.3) is 0 Å². The number of carbonyl (C=O) groups excluding carboxylic acids is 1. The van der Waals surface area contributed by atoms with Crippen LogP contribution in [0.2, 0.25) is 0 Å². The van der Waals surface area contributed by atoms with Crippen LogP contribution in [-0.2, 0) is 38.6 Å². The van der Waals surface area contributed by atoms with Gasteiger partial charge in [-0.15, -0.1) is 0 Å². The van der Waals surface area contributed by atoms with Gasteiger partial charge in [-0.1, -0.05) is 12.1 Å². The zero-order valence-electron chi connectivity index (χ0n) is 10.6. The number of hydrogen-bond donors (Lipinski definition) is 0. The Kier molecular flexibility index (Phi) is 5.94. The summed E-state index contributed by atoms with van der Waals surface area (Å²) in [6.07, 6.45) is 0. The molecule has 0 heterocycles. The molecule has 0 aliphatic heterocycles. The zero-order chi connectivity index (χ0) is 13.8. The van der Waals surface area contributed by atoms with Crippen molar-refractivity contribution in [2.24, 2.45) is 0 Å². The van der Waals surface area contributed by atoms with Gasteiger partial charge in [0.05, 0.1) is 12.0 Å². The topological polar surface area (TPSA) is 26.3 Å². The Labute approximate surface area is 121 Å². The normalized spacial score (nSPS) is 11.7. The van der Waals surface area contributed by atoms with Gasteiger partial charge in [0.1, 0.15) is 0 Å².